The molecule has 0 fully saturated rings. The van der Waals surface area contributed by atoms with Gasteiger partial charge >= 0.3 is 0 Å². The fourth-order valence-corrected chi connectivity index (χ4v) is 3.29. The number of hydrogen-bond donors (Lipinski definition) is 1. The number of nitrogens with one attached hydrogen (secondary N) is 1. The molecule has 3 rings (SSSR count). The van der Waals surface area contributed by atoms with Crippen molar-refractivity contribution in [3.63, 3.8) is 0 Å². The average molecular weight is 337 g/mol. The van der Waals surface area contributed by atoms with E-state index in [1.165, 1.54) is 11.8 Å². The lowest BCUT2D eigenvalue weighted by Gasteiger charge is -2.13. The summed E-state index contributed by atoms with van der Waals surface area (Å²) >= 11 is 1.53. The van der Waals surface area contributed by atoms with Crippen LogP contribution in [0.15, 0.2) is 71.6 Å². The number of carbonyl (C=O) groups is 1. The number of methoxy groups -OCH3 is 1. The Labute approximate surface area is 146 Å². The molecule has 1 unspecified atom stereocenters. The number of amides is 1. The van der Waals surface area contributed by atoms with Gasteiger partial charge in [-0.3, -0.25) is 4.79 Å². The fraction of sp³-hybridized carbons (Fsp3) is 0.150. The molecule has 1 atom stereocenters. The molecule has 0 aromatic heterocycles. The normalized spacial score (nSPS) is 11.9. The molecule has 0 spiro atoms. The number of thioether (sulfide) groups is 1. The van der Waals surface area contributed by atoms with Crippen molar-refractivity contribution >= 4 is 34.1 Å². The van der Waals surface area contributed by atoms with Crippen molar-refractivity contribution in [2.24, 2.45) is 0 Å². The molecule has 0 aliphatic carbocycles. The SMILES string of the molecule is COc1ccc(SC(C)C(=O)Nc2ccc3ccccc3c2)cc1. The van der Waals surface area contributed by atoms with Crippen LogP contribution in [-0.4, -0.2) is 18.3 Å². The first-order valence-electron chi connectivity index (χ1n) is 7.76. The quantitative estimate of drug-likeness (QED) is 0.668. The Hall–Kier alpha value is -2.46. The molecule has 0 saturated heterocycles. The Morgan fingerprint density at radius 1 is 1.00 bits per heavy atom. The van der Waals surface area contributed by atoms with Gasteiger partial charge < -0.3 is 10.1 Å². The van der Waals surface area contributed by atoms with Crippen molar-refractivity contribution in [1.29, 1.82) is 0 Å². The van der Waals surface area contributed by atoms with E-state index in [1.807, 2.05) is 67.6 Å². The van der Waals surface area contributed by atoms with E-state index < -0.39 is 0 Å². The van der Waals surface area contributed by atoms with Gasteiger partial charge in [0.1, 0.15) is 5.75 Å². The first-order valence-corrected chi connectivity index (χ1v) is 8.64. The van der Waals surface area contributed by atoms with Crippen LogP contribution in [0.4, 0.5) is 5.69 Å². The Kier molecular flexibility index (Phi) is 5.06. The molecule has 0 radical (unpaired) electrons. The minimum Gasteiger partial charge on any atom is -0.497 e. The fourth-order valence-electron chi connectivity index (χ4n) is 2.42. The highest BCUT2D eigenvalue weighted by molar-refractivity contribution is 8.00. The third-order valence-corrected chi connectivity index (χ3v) is 4.87. The van der Waals surface area contributed by atoms with Gasteiger partial charge in [-0.15, -0.1) is 11.8 Å². The molecular weight excluding hydrogens is 318 g/mol. The van der Waals surface area contributed by atoms with Crippen LogP contribution in [-0.2, 0) is 4.79 Å². The van der Waals surface area contributed by atoms with Crippen molar-refractivity contribution in [1.82, 2.24) is 0 Å². The Morgan fingerprint density at radius 3 is 2.42 bits per heavy atom. The van der Waals surface area contributed by atoms with E-state index in [-0.39, 0.29) is 11.2 Å². The summed E-state index contributed by atoms with van der Waals surface area (Å²) in [5, 5.41) is 5.08. The van der Waals surface area contributed by atoms with Gasteiger partial charge in [0, 0.05) is 10.6 Å². The van der Waals surface area contributed by atoms with E-state index >= 15 is 0 Å². The molecule has 1 amide bonds. The summed E-state index contributed by atoms with van der Waals surface area (Å²) in [4.78, 5) is 13.5. The number of anilines is 1. The predicted octanol–water partition coefficient (Wildman–Crippen LogP) is 4.97. The van der Waals surface area contributed by atoms with Crippen molar-refractivity contribution in [2.75, 3.05) is 12.4 Å². The smallest absolute Gasteiger partial charge is 0.237 e. The molecule has 24 heavy (non-hydrogen) atoms. The van der Waals surface area contributed by atoms with Gasteiger partial charge in [-0.1, -0.05) is 30.3 Å². The maximum atomic E-state index is 12.4. The molecule has 122 valence electrons. The molecular formula is C20H19NO2S. The minimum atomic E-state index is -0.190. The third kappa shape index (κ3) is 3.89. The summed E-state index contributed by atoms with van der Waals surface area (Å²) < 4.78 is 5.15. The molecule has 1 N–H and O–H groups in total. The maximum absolute atomic E-state index is 12.4. The summed E-state index contributed by atoms with van der Waals surface area (Å²) in [6.07, 6.45) is 0. The lowest BCUT2D eigenvalue weighted by Crippen LogP contribution is -2.22. The van der Waals surface area contributed by atoms with Gasteiger partial charge in [0.2, 0.25) is 5.91 Å². The number of hydrogen-bond acceptors (Lipinski definition) is 3. The molecule has 0 aliphatic rings. The highest BCUT2D eigenvalue weighted by Crippen LogP contribution is 2.26. The van der Waals surface area contributed by atoms with Crippen LogP contribution in [0, 0.1) is 0 Å². The van der Waals surface area contributed by atoms with Crippen LogP contribution in [0.3, 0.4) is 0 Å². The monoisotopic (exact) mass is 337 g/mol. The Bertz CT molecular complexity index is 846. The van der Waals surface area contributed by atoms with E-state index in [9.17, 15) is 4.79 Å². The van der Waals surface area contributed by atoms with Crippen molar-refractivity contribution in [3.8, 4) is 5.75 Å². The van der Waals surface area contributed by atoms with Gasteiger partial charge in [0.15, 0.2) is 0 Å². The molecule has 4 heteroatoms. The van der Waals surface area contributed by atoms with E-state index in [0.717, 1.165) is 27.1 Å². The van der Waals surface area contributed by atoms with Gasteiger partial charge in [-0.25, -0.2) is 0 Å². The molecule has 3 aromatic rings. The average Bonchev–Trinajstić information content (AvgIpc) is 2.62. The zero-order chi connectivity index (χ0) is 16.9. The first-order chi connectivity index (χ1) is 11.7. The Morgan fingerprint density at radius 2 is 1.71 bits per heavy atom. The van der Waals surface area contributed by atoms with E-state index in [4.69, 9.17) is 4.74 Å². The number of fused-ring (bicyclic) bond motifs is 1. The summed E-state index contributed by atoms with van der Waals surface area (Å²) in [7, 11) is 1.64. The van der Waals surface area contributed by atoms with Gasteiger partial charge in [0.25, 0.3) is 0 Å². The summed E-state index contributed by atoms with van der Waals surface area (Å²) in [6, 6.07) is 21.8. The number of carbonyl (C=O) groups excluding carboxylic acids is 1. The van der Waals surface area contributed by atoms with E-state index in [1.54, 1.807) is 7.11 Å². The van der Waals surface area contributed by atoms with Crippen LogP contribution in [0.2, 0.25) is 0 Å². The van der Waals surface area contributed by atoms with Gasteiger partial charge in [-0.2, -0.15) is 0 Å². The molecule has 0 bridgehead atoms. The second-order valence-electron chi connectivity index (χ2n) is 5.49. The molecule has 0 aliphatic heterocycles. The van der Waals surface area contributed by atoms with Gasteiger partial charge in [-0.05, 0) is 54.1 Å². The van der Waals surface area contributed by atoms with Crippen molar-refractivity contribution < 1.29 is 9.53 Å². The summed E-state index contributed by atoms with van der Waals surface area (Å²) in [5.74, 6) is 0.804. The van der Waals surface area contributed by atoms with Crippen molar-refractivity contribution in [3.05, 3.63) is 66.7 Å². The second kappa shape index (κ2) is 7.41. The standard InChI is InChI=1S/C20H19NO2S/c1-14(24-19-11-9-18(23-2)10-12-19)20(22)21-17-8-7-15-5-3-4-6-16(15)13-17/h3-14H,1-2H3,(H,21,22). The lowest BCUT2D eigenvalue weighted by atomic mass is 10.1. The van der Waals surface area contributed by atoms with Crippen LogP contribution < -0.4 is 10.1 Å². The largest absolute Gasteiger partial charge is 0.497 e. The highest BCUT2D eigenvalue weighted by Gasteiger charge is 2.14. The van der Waals surface area contributed by atoms with Crippen molar-refractivity contribution in [2.45, 2.75) is 17.1 Å². The van der Waals surface area contributed by atoms with Crippen LogP contribution in [0.25, 0.3) is 10.8 Å². The topological polar surface area (TPSA) is 38.3 Å². The Balaban J connectivity index is 1.66. The summed E-state index contributed by atoms with van der Waals surface area (Å²) in [6.45, 7) is 1.91. The zero-order valence-electron chi connectivity index (χ0n) is 13.7. The molecule has 3 aromatic carbocycles. The molecule has 0 saturated carbocycles. The summed E-state index contributed by atoms with van der Waals surface area (Å²) in [5.41, 5.74) is 0.820. The molecule has 3 nitrogen and oxygen atoms in total. The minimum absolute atomic E-state index is 0.00824. The number of rotatable bonds is 5. The maximum Gasteiger partial charge on any atom is 0.237 e. The van der Waals surface area contributed by atoms with Crippen LogP contribution in [0.1, 0.15) is 6.92 Å². The number of benzene rings is 3. The zero-order valence-corrected chi connectivity index (χ0v) is 14.5. The predicted molar refractivity (Wildman–Crippen MR) is 101 cm³/mol. The first kappa shape index (κ1) is 16.4. The lowest BCUT2D eigenvalue weighted by molar-refractivity contribution is -0.115. The van der Waals surface area contributed by atoms with Crippen LogP contribution >= 0.6 is 11.8 Å². The van der Waals surface area contributed by atoms with E-state index in [2.05, 4.69) is 11.4 Å². The van der Waals surface area contributed by atoms with Gasteiger partial charge in [0.05, 0.1) is 12.4 Å². The second-order valence-corrected chi connectivity index (χ2v) is 6.90. The molecule has 0 heterocycles. The van der Waals surface area contributed by atoms with Crippen LogP contribution in [0.5, 0.6) is 5.75 Å². The number of ether oxygens (including phenoxy) is 1. The third-order valence-electron chi connectivity index (χ3n) is 3.76. The van der Waals surface area contributed by atoms with E-state index in [0.29, 0.717) is 0 Å². The highest BCUT2D eigenvalue weighted by atomic mass is 32.2.